The van der Waals surface area contributed by atoms with Gasteiger partial charge in [0.2, 0.25) is 15.9 Å². The Bertz CT molecular complexity index is 499. The van der Waals surface area contributed by atoms with Gasteiger partial charge >= 0.3 is 0 Å². The van der Waals surface area contributed by atoms with E-state index < -0.39 is 10.0 Å². The number of nitrogens with one attached hydrogen (secondary N) is 2. The maximum absolute atomic E-state index is 11.8. The summed E-state index contributed by atoms with van der Waals surface area (Å²) in [5.74, 6) is -0.0195. The fraction of sp³-hybridized carbons (Fsp3) is 0.364. The summed E-state index contributed by atoms with van der Waals surface area (Å²) in [4.78, 5) is 11.2. The third-order valence-corrected chi connectivity index (χ3v) is 4.10. The molecule has 1 aromatic carbocycles. The second kappa shape index (κ2) is 4.85. The Morgan fingerprint density at radius 1 is 1.29 bits per heavy atom. The Balaban J connectivity index is 1.97. The van der Waals surface area contributed by atoms with E-state index in [-0.39, 0.29) is 23.4 Å². The standard InChI is InChI=1S/C11H14N2O3S/c14-11-7-6-9(13-11)8-12-17(15,16)10-4-2-1-3-5-10/h1-5,9,12H,6-8H2,(H,13,14)/t9-/m1/s1. The first-order valence-corrected chi connectivity index (χ1v) is 6.90. The fourth-order valence-corrected chi connectivity index (χ4v) is 2.83. The van der Waals surface area contributed by atoms with Crippen LogP contribution in [0.25, 0.3) is 0 Å². The first-order valence-electron chi connectivity index (χ1n) is 5.42. The molecular weight excluding hydrogens is 240 g/mol. The van der Waals surface area contributed by atoms with Gasteiger partial charge in [-0.25, -0.2) is 13.1 Å². The van der Waals surface area contributed by atoms with Gasteiger partial charge in [0.05, 0.1) is 4.90 Å². The number of hydrogen-bond acceptors (Lipinski definition) is 3. The average molecular weight is 254 g/mol. The van der Waals surface area contributed by atoms with Crippen LogP contribution in [0.2, 0.25) is 0 Å². The highest BCUT2D eigenvalue weighted by Crippen LogP contribution is 2.09. The summed E-state index contributed by atoms with van der Waals surface area (Å²) in [5, 5.41) is 2.71. The molecule has 0 radical (unpaired) electrons. The van der Waals surface area contributed by atoms with Crippen molar-refractivity contribution in [2.75, 3.05) is 6.54 Å². The predicted octanol–water partition coefficient (Wildman–Crippen LogP) is 0.243. The summed E-state index contributed by atoms with van der Waals surface area (Å²) >= 11 is 0. The minimum Gasteiger partial charge on any atom is -0.352 e. The molecule has 2 rings (SSSR count). The van der Waals surface area contributed by atoms with E-state index in [1.54, 1.807) is 18.2 Å². The molecule has 0 spiro atoms. The molecule has 0 saturated carbocycles. The van der Waals surface area contributed by atoms with Gasteiger partial charge in [-0.3, -0.25) is 4.79 Å². The largest absolute Gasteiger partial charge is 0.352 e. The molecule has 1 aliphatic rings. The molecule has 0 bridgehead atoms. The van der Waals surface area contributed by atoms with Crippen molar-refractivity contribution in [1.29, 1.82) is 0 Å². The molecule has 17 heavy (non-hydrogen) atoms. The lowest BCUT2D eigenvalue weighted by Crippen LogP contribution is -2.38. The Labute approximate surface area is 100 Å². The summed E-state index contributed by atoms with van der Waals surface area (Å²) in [6.45, 7) is 0.239. The summed E-state index contributed by atoms with van der Waals surface area (Å²) < 4.78 is 26.2. The molecule has 1 aromatic rings. The van der Waals surface area contributed by atoms with Crippen LogP contribution in [0, 0.1) is 0 Å². The lowest BCUT2D eigenvalue weighted by atomic mass is 10.2. The molecular formula is C11H14N2O3S. The third-order valence-electron chi connectivity index (χ3n) is 2.66. The molecule has 0 aromatic heterocycles. The van der Waals surface area contributed by atoms with Crippen LogP contribution in [0.3, 0.4) is 0 Å². The number of benzene rings is 1. The van der Waals surface area contributed by atoms with E-state index in [1.165, 1.54) is 12.1 Å². The van der Waals surface area contributed by atoms with Gasteiger partial charge in [0.25, 0.3) is 0 Å². The van der Waals surface area contributed by atoms with E-state index in [2.05, 4.69) is 10.0 Å². The van der Waals surface area contributed by atoms with Crippen molar-refractivity contribution < 1.29 is 13.2 Å². The van der Waals surface area contributed by atoms with Crippen LogP contribution in [-0.4, -0.2) is 26.9 Å². The van der Waals surface area contributed by atoms with Crippen LogP contribution < -0.4 is 10.0 Å². The number of carbonyl (C=O) groups is 1. The maximum atomic E-state index is 11.8. The van der Waals surface area contributed by atoms with Gasteiger partial charge < -0.3 is 5.32 Å². The number of sulfonamides is 1. The molecule has 1 fully saturated rings. The van der Waals surface area contributed by atoms with Gasteiger partial charge in [-0.1, -0.05) is 18.2 Å². The SMILES string of the molecule is O=C1CC[C@H](CNS(=O)(=O)c2ccccc2)N1. The van der Waals surface area contributed by atoms with Gasteiger partial charge in [0, 0.05) is 19.0 Å². The molecule has 1 aliphatic heterocycles. The first-order chi connectivity index (χ1) is 8.08. The van der Waals surface area contributed by atoms with Crippen LogP contribution in [0.15, 0.2) is 35.2 Å². The van der Waals surface area contributed by atoms with Crippen molar-refractivity contribution in [2.45, 2.75) is 23.8 Å². The van der Waals surface area contributed by atoms with Crippen molar-refractivity contribution in [3.05, 3.63) is 30.3 Å². The Morgan fingerprint density at radius 3 is 2.59 bits per heavy atom. The normalized spacial score (nSPS) is 20.2. The second-order valence-corrected chi connectivity index (χ2v) is 5.74. The topological polar surface area (TPSA) is 75.3 Å². The zero-order valence-corrected chi connectivity index (χ0v) is 10.0. The van der Waals surface area contributed by atoms with E-state index in [0.29, 0.717) is 12.8 Å². The van der Waals surface area contributed by atoms with Crippen LogP contribution in [0.4, 0.5) is 0 Å². The smallest absolute Gasteiger partial charge is 0.240 e. The summed E-state index contributed by atoms with van der Waals surface area (Å²) in [6, 6.07) is 8.08. The van der Waals surface area contributed by atoms with E-state index >= 15 is 0 Å². The van der Waals surface area contributed by atoms with Crippen molar-refractivity contribution in [3.63, 3.8) is 0 Å². The highest BCUT2D eigenvalue weighted by atomic mass is 32.2. The molecule has 5 nitrogen and oxygen atoms in total. The van der Waals surface area contributed by atoms with Crippen molar-refractivity contribution in [3.8, 4) is 0 Å². The van der Waals surface area contributed by atoms with Gasteiger partial charge in [-0.15, -0.1) is 0 Å². The Kier molecular flexibility index (Phi) is 3.44. The average Bonchev–Trinajstić information content (AvgIpc) is 2.74. The highest BCUT2D eigenvalue weighted by molar-refractivity contribution is 7.89. The van der Waals surface area contributed by atoms with Crippen molar-refractivity contribution in [2.24, 2.45) is 0 Å². The summed E-state index contributed by atoms with van der Waals surface area (Å²) in [6.07, 6.45) is 1.15. The molecule has 6 heteroatoms. The lowest BCUT2D eigenvalue weighted by Gasteiger charge is -2.11. The Hall–Kier alpha value is -1.40. The van der Waals surface area contributed by atoms with E-state index in [1.807, 2.05) is 0 Å². The summed E-state index contributed by atoms with van der Waals surface area (Å²) in [7, 11) is -3.47. The minimum absolute atomic E-state index is 0.0195. The minimum atomic E-state index is -3.47. The quantitative estimate of drug-likeness (QED) is 0.808. The van der Waals surface area contributed by atoms with E-state index in [9.17, 15) is 13.2 Å². The van der Waals surface area contributed by atoms with Crippen LogP contribution in [0.5, 0.6) is 0 Å². The third kappa shape index (κ3) is 3.04. The number of rotatable bonds is 4. The van der Waals surface area contributed by atoms with Gasteiger partial charge in [-0.05, 0) is 18.6 Å². The number of amides is 1. The maximum Gasteiger partial charge on any atom is 0.240 e. The molecule has 1 heterocycles. The zero-order chi connectivity index (χ0) is 12.3. The molecule has 0 unspecified atom stereocenters. The molecule has 0 aliphatic carbocycles. The molecule has 92 valence electrons. The van der Waals surface area contributed by atoms with Crippen LogP contribution in [-0.2, 0) is 14.8 Å². The van der Waals surface area contributed by atoms with Crippen LogP contribution >= 0.6 is 0 Å². The van der Waals surface area contributed by atoms with E-state index in [0.717, 1.165) is 0 Å². The molecule has 1 amide bonds. The lowest BCUT2D eigenvalue weighted by molar-refractivity contribution is -0.119. The molecule has 1 atom stereocenters. The highest BCUT2D eigenvalue weighted by Gasteiger charge is 2.22. The number of hydrogen-bond donors (Lipinski definition) is 2. The van der Waals surface area contributed by atoms with Crippen molar-refractivity contribution in [1.82, 2.24) is 10.0 Å². The monoisotopic (exact) mass is 254 g/mol. The number of carbonyl (C=O) groups excluding carboxylic acids is 1. The van der Waals surface area contributed by atoms with Crippen LogP contribution in [0.1, 0.15) is 12.8 Å². The predicted molar refractivity (Wildman–Crippen MR) is 62.8 cm³/mol. The van der Waals surface area contributed by atoms with Crippen molar-refractivity contribution >= 4 is 15.9 Å². The summed E-state index contributed by atoms with van der Waals surface area (Å²) in [5.41, 5.74) is 0. The van der Waals surface area contributed by atoms with Gasteiger partial charge in [0.15, 0.2) is 0 Å². The first kappa shape index (κ1) is 12.1. The molecule has 1 saturated heterocycles. The Morgan fingerprint density at radius 2 is 2.00 bits per heavy atom. The fourth-order valence-electron chi connectivity index (χ4n) is 1.72. The van der Waals surface area contributed by atoms with E-state index in [4.69, 9.17) is 0 Å². The molecule has 2 N–H and O–H groups in total. The zero-order valence-electron chi connectivity index (χ0n) is 9.22. The second-order valence-electron chi connectivity index (χ2n) is 3.97. The van der Waals surface area contributed by atoms with Gasteiger partial charge in [0.1, 0.15) is 0 Å². The van der Waals surface area contributed by atoms with Gasteiger partial charge in [-0.2, -0.15) is 0 Å².